The molecule has 2 atom stereocenters. The minimum absolute atomic E-state index is 0.237. The fraction of sp³-hybridized carbons (Fsp3) is 0.556. The molecule has 9 heteroatoms. The molecule has 9 nitrogen and oxygen atoms in total. The first kappa shape index (κ1) is 23.2. The van der Waals surface area contributed by atoms with Gasteiger partial charge in [0, 0.05) is 30.8 Å². The fourth-order valence-electron chi connectivity index (χ4n) is 6.76. The van der Waals surface area contributed by atoms with E-state index in [1.165, 1.54) is 17.4 Å². The molecule has 0 amide bonds. The van der Waals surface area contributed by atoms with Gasteiger partial charge in [0.05, 0.1) is 17.1 Å². The molecule has 1 aromatic carbocycles. The number of fused-ring (bicyclic) bond motifs is 4. The van der Waals surface area contributed by atoms with Crippen LogP contribution in [0.4, 0.5) is 0 Å². The summed E-state index contributed by atoms with van der Waals surface area (Å²) in [5.41, 5.74) is 2.66. The highest BCUT2D eigenvalue weighted by Crippen LogP contribution is 2.46. The van der Waals surface area contributed by atoms with Gasteiger partial charge in [0.1, 0.15) is 17.9 Å². The number of aromatic nitrogens is 6. The van der Waals surface area contributed by atoms with Crippen LogP contribution in [-0.2, 0) is 19.6 Å². The van der Waals surface area contributed by atoms with Crippen molar-refractivity contribution in [2.45, 2.75) is 84.0 Å². The maximum atomic E-state index is 13.1. The third-order valence-electron chi connectivity index (χ3n) is 8.35. The van der Waals surface area contributed by atoms with Gasteiger partial charge in [0.25, 0.3) is 5.56 Å². The summed E-state index contributed by atoms with van der Waals surface area (Å²) in [5, 5.41) is 2.48. The Morgan fingerprint density at radius 3 is 2.42 bits per heavy atom. The number of nitrogens with two attached hydrogens (primary N) is 1. The Hall–Kier alpha value is -3.20. The number of hydrogen-bond donors (Lipinski definition) is 3. The molecule has 4 N–H and O–H groups in total. The summed E-state index contributed by atoms with van der Waals surface area (Å²) in [5.74, 6) is 3.47. The van der Waals surface area contributed by atoms with E-state index in [-0.39, 0.29) is 11.2 Å². The van der Waals surface area contributed by atoms with E-state index in [1.807, 2.05) is 26.0 Å². The van der Waals surface area contributed by atoms with Crippen LogP contribution in [-0.4, -0.2) is 35.1 Å². The number of aryl methyl sites for hydroxylation is 1. The Morgan fingerprint density at radius 2 is 1.69 bits per heavy atom. The van der Waals surface area contributed by atoms with Crippen molar-refractivity contribution in [3.63, 3.8) is 0 Å². The molecule has 0 saturated heterocycles. The quantitative estimate of drug-likeness (QED) is 0.352. The van der Waals surface area contributed by atoms with Crippen molar-refractivity contribution in [1.82, 2.24) is 29.1 Å². The third-order valence-corrected chi connectivity index (χ3v) is 8.35. The number of para-hydroxylation sites is 2. The van der Waals surface area contributed by atoms with Crippen LogP contribution in [0.2, 0.25) is 0 Å². The lowest BCUT2D eigenvalue weighted by atomic mass is 9.77. The van der Waals surface area contributed by atoms with Gasteiger partial charge >= 0.3 is 5.69 Å². The van der Waals surface area contributed by atoms with Gasteiger partial charge in [-0.1, -0.05) is 26.0 Å². The van der Waals surface area contributed by atoms with Gasteiger partial charge in [0.2, 0.25) is 0 Å². The zero-order valence-corrected chi connectivity index (χ0v) is 21.2. The fourth-order valence-corrected chi connectivity index (χ4v) is 6.76. The monoisotopic (exact) mass is 490 g/mol. The first-order chi connectivity index (χ1) is 17.6. The standard InChI is InChI=1S/C27H35N7O2/c1-3-11-33-25-23(26(35)34(12-4-2)27(33)36)31-24(32-25)18-13-16-9-10-17(14-18)22(16)28-15-21-29-19-7-5-6-8-20(19)30-21/h5-8,16-18,22,28H,3-4,9-15H2,1-2H3,(H,29,30)(H,31,32)/p+1. The number of imidazole rings is 2. The molecule has 3 aromatic heterocycles. The summed E-state index contributed by atoms with van der Waals surface area (Å²) in [6.45, 7) is 5.89. The van der Waals surface area contributed by atoms with Crippen molar-refractivity contribution >= 4 is 22.2 Å². The average Bonchev–Trinajstić information content (AvgIpc) is 3.56. The van der Waals surface area contributed by atoms with Crippen molar-refractivity contribution in [1.29, 1.82) is 0 Å². The van der Waals surface area contributed by atoms with Gasteiger partial charge in [-0.25, -0.2) is 14.8 Å². The maximum Gasteiger partial charge on any atom is 0.332 e. The van der Waals surface area contributed by atoms with Gasteiger partial charge < -0.3 is 15.3 Å². The van der Waals surface area contributed by atoms with E-state index >= 15 is 0 Å². The number of nitrogens with zero attached hydrogens (tertiary/aromatic N) is 4. The molecule has 4 aromatic rings. The Morgan fingerprint density at radius 1 is 0.972 bits per heavy atom. The molecule has 0 radical (unpaired) electrons. The first-order valence-corrected chi connectivity index (χ1v) is 13.6. The number of quaternary nitrogens is 1. The smallest absolute Gasteiger partial charge is 0.332 e. The molecule has 2 fully saturated rings. The molecule has 36 heavy (non-hydrogen) atoms. The SMILES string of the molecule is CCCn1c(=O)c2[nH]c(C3CC4CCC(C3)C4[NH2+]Cc3nc4ccccc4[nH]3)nc2n(CCC)c1=O. The molecule has 2 bridgehead atoms. The Labute approximate surface area is 209 Å². The summed E-state index contributed by atoms with van der Waals surface area (Å²) in [6, 6.07) is 8.78. The van der Waals surface area contributed by atoms with Crippen molar-refractivity contribution in [2.75, 3.05) is 0 Å². The number of nitrogens with one attached hydrogen (secondary N) is 2. The topological polar surface area (TPSA) is 118 Å². The minimum atomic E-state index is -0.238. The molecule has 0 aliphatic heterocycles. The molecule has 3 heterocycles. The summed E-state index contributed by atoms with van der Waals surface area (Å²) in [4.78, 5) is 42.6. The van der Waals surface area contributed by atoms with Crippen LogP contribution in [0.25, 0.3) is 22.2 Å². The van der Waals surface area contributed by atoms with Crippen molar-refractivity contribution in [3.05, 3.63) is 56.8 Å². The van der Waals surface area contributed by atoms with Gasteiger partial charge in [-0.3, -0.25) is 13.9 Å². The second-order valence-corrected chi connectivity index (χ2v) is 10.7. The lowest BCUT2D eigenvalue weighted by molar-refractivity contribution is -0.716. The predicted octanol–water partition coefficient (Wildman–Crippen LogP) is 2.62. The molecule has 2 aliphatic rings. The van der Waals surface area contributed by atoms with Crippen LogP contribution < -0.4 is 16.6 Å². The maximum absolute atomic E-state index is 13.1. The normalized spacial score (nSPS) is 23.7. The molecule has 2 saturated carbocycles. The summed E-state index contributed by atoms with van der Waals surface area (Å²) in [6.07, 6.45) is 6.18. The molecular formula is C27H36N7O2+. The molecule has 2 unspecified atom stereocenters. The summed E-state index contributed by atoms with van der Waals surface area (Å²) in [7, 11) is 0. The van der Waals surface area contributed by atoms with Crippen molar-refractivity contribution < 1.29 is 5.32 Å². The molecule has 190 valence electrons. The predicted molar refractivity (Wildman–Crippen MR) is 139 cm³/mol. The summed E-state index contributed by atoms with van der Waals surface area (Å²) >= 11 is 0. The Bertz CT molecular complexity index is 1460. The van der Waals surface area contributed by atoms with E-state index in [4.69, 9.17) is 9.97 Å². The average molecular weight is 491 g/mol. The Balaban J connectivity index is 1.23. The van der Waals surface area contributed by atoms with Crippen LogP contribution in [0.1, 0.15) is 69.9 Å². The largest absolute Gasteiger partial charge is 0.337 e. The van der Waals surface area contributed by atoms with E-state index in [0.29, 0.717) is 48.0 Å². The van der Waals surface area contributed by atoms with E-state index < -0.39 is 0 Å². The highest BCUT2D eigenvalue weighted by Gasteiger charge is 2.46. The molecular weight excluding hydrogens is 454 g/mol. The van der Waals surface area contributed by atoms with Crippen LogP contribution in [0.15, 0.2) is 33.9 Å². The van der Waals surface area contributed by atoms with Crippen molar-refractivity contribution in [2.24, 2.45) is 11.8 Å². The highest BCUT2D eigenvalue weighted by atomic mass is 16.2. The van der Waals surface area contributed by atoms with Gasteiger partial charge in [-0.2, -0.15) is 0 Å². The van der Waals surface area contributed by atoms with E-state index in [9.17, 15) is 9.59 Å². The van der Waals surface area contributed by atoms with Crippen LogP contribution in [0, 0.1) is 11.8 Å². The lowest BCUT2D eigenvalue weighted by Crippen LogP contribution is -2.91. The zero-order valence-electron chi connectivity index (χ0n) is 21.2. The summed E-state index contributed by atoms with van der Waals surface area (Å²) < 4.78 is 3.06. The highest BCUT2D eigenvalue weighted by molar-refractivity contribution is 5.74. The number of aromatic amines is 2. The van der Waals surface area contributed by atoms with Crippen LogP contribution in [0.3, 0.4) is 0 Å². The molecule has 0 spiro atoms. The van der Waals surface area contributed by atoms with Crippen molar-refractivity contribution in [3.8, 4) is 0 Å². The molecule has 2 aliphatic carbocycles. The number of hydrogen-bond acceptors (Lipinski definition) is 4. The number of H-pyrrole nitrogens is 2. The Kier molecular flexibility index (Phi) is 6.03. The second-order valence-electron chi connectivity index (χ2n) is 10.7. The van der Waals surface area contributed by atoms with Gasteiger partial charge in [-0.05, 0) is 50.7 Å². The van der Waals surface area contributed by atoms with Gasteiger partial charge in [0.15, 0.2) is 11.5 Å². The van der Waals surface area contributed by atoms with Crippen LogP contribution in [0.5, 0.6) is 0 Å². The van der Waals surface area contributed by atoms with E-state index in [0.717, 1.165) is 54.9 Å². The zero-order chi connectivity index (χ0) is 24.8. The minimum Gasteiger partial charge on any atom is -0.337 e. The molecule has 6 rings (SSSR count). The second kappa shape index (κ2) is 9.35. The lowest BCUT2D eigenvalue weighted by Gasteiger charge is -2.32. The van der Waals surface area contributed by atoms with E-state index in [2.05, 4.69) is 27.4 Å². The van der Waals surface area contributed by atoms with Gasteiger partial charge in [-0.15, -0.1) is 0 Å². The van der Waals surface area contributed by atoms with E-state index in [1.54, 1.807) is 4.57 Å². The van der Waals surface area contributed by atoms with Crippen LogP contribution >= 0.6 is 0 Å². The number of benzene rings is 1. The first-order valence-electron chi connectivity index (χ1n) is 13.6. The number of rotatable bonds is 8. The third kappa shape index (κ3) is 3.89.